The van der Waals surface area contributed by atoms with Gasteiger partial charge in [-0.1, -0.05) is 0 Å². The van der Waals surface area contributed by atoms with Crippen molar-refractivity contribution >= 4 is 17.3 Å². The zero-order chi connectivity index (χ0) is 14.6. The van der Waals surface area contributed by atoms with Crippen LogP contribution in [-0.2, 0) is 9.53 Å². The SMILES string of the molecule is Cc1cc([N+](=O)[O-])ccc1NC(=O)COC(C)(C)C. The summed E-state index contributed by atoms with van der Waals surface area (Å²) in [7, 11) is 0. The third kappa shape index (κ3) is 5.05. The second-order valence-corrected chi connectivity index (χ2v) is 5.21. The summed E-state index contributed by atoms with van der Waals surface area (Å²) in [6.07, 6.45) is 0. The van der Waals surface area contributed by atoms with E-state index in [9.17, 15) is 14.9 Å². The Morgan fingerprint density at radius 2 is 2.05 bits per heavy atom. The molecule has 0 aromatic heterocycles. The minimum atomic E-state index is -0.471. The lowest BCUT2D eigenvalue weighted by molar-refractivity contribution is -0.384. The van der Waals surface area contributed by atoms with Gasteiger partial charge in [0.25, 0.3) is 5.69 Å². The molecule has 6 heteroatoms. The van der Waals surface area contributed by atoms with Crippen molar-refractivity contribution in [3.8, 4) is 0 Å². The van der Waals surface area contributed by atoms with Crippen LogP contribution in [0, 0.1) is 17.0 Å². The number of hydrogen-bond acceptors (Lipinski definition) is 4. The van der Waals surface area contributed by atoms with Crippen LogP contribution in [-0.4, -0.2) is 23.0 Å². The Hall–Kier alpha value is -1.95. The Labute approximate surface area is 111 Å². The summed E-state index contributed by atoms with van der Waals surface area (Å²) in [4.78, 5) is 21.8. The van der Waals surface area contributed by atoms with E-state index in [0.29, 0.717) is 11.3 Å². The van der Waals surface area contributed by atoms with Crippen LogP contribution in [0.3, 0.4) is 0 Å². The summed E-state index contributed by atoms with van der Waals surface area (Å²) in [6.45, 7) is 7.22. The fourth-order valence-electron chi connectivity index (χ4n) is 1.37. The van der Waals surface area contributed by atoms with E-state index in [-0.39, 0.29) is 23.8 Å². The predicted octanol–water partition coefficient (Wildman–Crippen LogP) is 2.66. The topological polar surface area (TPSA) is 81.5 Å². The molecule has 0 radical (unpaired) electrons. The summed E-state index contributed by atoms with van der Waals surface area (Å²) < 4.78 is 5.34. The first-order chi connectivity index (χ1) is 8.69. The van der Waals surface area contributed by atoms with Crippen LogP contribution < -0.4 is 5.32 Å². The fourth-order valence-corrected chi connectivity index (χ4v) is 1.37. The van der Waals surface area contributed by atoms with E-state index in [0.717, 1.165) is 0 Å². The van der Waals surface area contributed by atoms with Gasteiger partial charge in [-0.3, -0.25) is 14.9 Å². The van der Waals surface area contributed by atoms with Crippen molar-refractivity contribution in [3.05, 3.63) is 33.9 Å². The number of carbonyl (C=O) groups excluding carboxylic acids is 1. The van der Waals surface area contributed by atoms with Gasteiger partial charge in [0, 0.05) is 17.8 Å². The molecule has 0 spiro atoms. The van der Waals surface area contributed by atoms with Gasteiger partial charge in [-0.15, -0.1) is 0 Å². The van der Waals surface area contributed by atoms with Crippen molar-refractivity contribution < 1.29 is 14.5 Å². The van der Waals surface area contributed by atoms with E-state index in [1.165, 1.54) is 18.2 Å². The molecule has 19 heavy (non-hydrogen) atoms. The average molecular weight is 266 g/mol. The quantitative estimate of drug-likeness (QED) is 0.671. The van der Waals surface area contributed by atoms with Gasteiger partial charge < -0.3 is 10.1 Å². The number of nitrogens with one attached hydrogen (secondary N) is 1. The van der Waals surface area contributed by atoms with Gasteiger partial charge in [-0.2, -0.15) is 0 Å². The van der Waals surface area contributed by atoms with Crippen LogP contribution in [0.1, 0.15) is 26.3 Å². The van der Waals surface area contributed by atoms with Crippen LogP contribution in [0.2, 0.25) is 0 Å². The van der Waals surface area contributed by atoms with E-state index < -0.39 is 4.92 Å². The monoisotopic (exact) mass is 266 g/mol. The molecule has 0 aliphatic carbocycles. The first kappa shape index (κ1) is 15.1. The molecule has 1 N–H and O–H groups in total. The van der Waals surface area contributed by atoms with Gasteiger partial charge in [0.2, 0.25) is 5.91 Å². The zero-order valence-corrected chi connectivity index (χ0v) is 11.5. The molecule has 104 valence electrons. The lowest BCUT2D eigenvalue weighted by atomic mass is 10.2. The molecule has 1 rings (SSSR count). The van der Waals surface area contributed by atoms with Gasteiger partial charge >= 0.3 is 0 Å². The highest BCUT2D eigenvalue weighted by atomic mass is 16.6. The Bertz CT molecular complexity index is 492. The second-order valence-electron chi connectivity index (χ2n) is 5.21. The standard InChI is InChI=1S/C13H18N2O4/c1-9-7-10(15(17)18)5-6-11(9)14-12(16)8-19-13(2,3)4/h5-7H,8H2,1-4H3,(H,14,16). The summed E-state index contributed by atoms with van der Waals surface area (Å²) in [5, 5.41) is 13.3. The van der Waals surface area contributed by atoms with Crippen molar-refractivity contribution in [2.75, 3.05) is 11.9 Å². The number of ether oxygens (including phenoxy) is 1. The van der Waals surface area contributed by atoms with E-state index in [2.05, 4.69) is 5.32 Å². The van der Waals surface area contributed by atoms with E-state index in [1.54, 1.807) is 6.92 Å². The highest BCUT2D eigenvalue weighted by molar-refractivity contribution is 5.92. The molecule has 0 heterocycles. The van der Waals surface area contributed by atoms with Crippen LogP contribution in [0.15, 0.2) is 18.2 Å². The molecule has 0 aliphatic heterocycles. The van der Waals surface area contributed by atoms with E-state index in [1.807, 2.05) is 20.8 Å². The largest absolute Gasteiger partial charge is 0.366 e. The number of nitro benzene ring substituents is 1. The van der Waals surface area contributed by atoms with Crippen LogP contribution in [0.25, 0.3) is 0 Å². The molecular weight excluding hydrogens is 248 g/mol. The smallest absolute Gasteiger partial charge is 0.269 e. The third-order valence-electron chi connectivity index (χ3n) is 2.33. The van der Waals surface area contributed by atoms with Gasteiger partial charge in [-0.05, 0) is 39.3 Å². The molecule has 1 aromatic rings. The summed E-state index contributed by atoms with van der Waals surface area (Å²) >= 11 is 0. The number of aryl methyl sites for hydroxylation is 1. The fraction of sp³-hybridized carbons (Fsp3) is 0.462. The first-order valence-corrected chi connectivity index (χ1v) is 5.88. The average Bonchev–Trinajstić information content (AvgIpc) is 2.28. The molecule has 0 aliphatic rings. The van der Waals surface area contributed by atoms with Crippen molar-refractivity contribution in [2.24, 2.45) is 0 Å². The lowest BCUT2D eigenvalue weighted by Gasteiger charge is -2.19. The Balaban J connectivity index is 2.67. The number of anilines is 1. The maximum atomic E-state index is 11.7. The van der Waals surface area contributed by atoms with Gasteiger partial charge in [0.05, 0.1) is 10.5 Å². The molecule has 0 bridgehead atoms. The lowest BCUT2D eigenvalue weighted by Crippen LogP contribution is -2.27. The number of carbonyl (C=O) groups is 1. The third-order valence-corrected chi connectivity index (χ3v) is 2.33. The number of rotatable bonds is 4. The number of amides is 1. The number of hydrogen-bond donors (Lipinski definition) is 1. The highest BCUT2D eigenvalue weighted by Gasteiger charge is 2.14. The first-order valence-electron chi connectivity index (χ1n) is 5.88. The summed E-state index contributed by atoms with van der Waals surface area (Å²) in [5.41, 5.74) is 0.801. The zero-order valence-electron chi connectivity index (χ0n) is 11.5. The second kappa shape index (κ2) is 5.79. The maximum Gasteiger partial charge on any atom is 0.269 e. The van der Waals surface area contributed by atoms with Crippen molar-refractivity contribution in [3.63, 3.8) is 0 Å². The Morgan fingerprint density at radius 3 is 2.53 bits per heavy atom. The molecule has 0 atom stereocenters. The maximum absolute atomic E-state index is 11.7. The van der Waals surface area contributed by atoms with Crippen LogP contribution in [0.5, 0.6) is 0 Å². The van der Waals surface area contributed by atoms with Gasteiger partial charge in [-0.25, -0.2) is 0 Å². The predicted molar refractivity (Wildman–Crippen MR) is 72.2 cm³/mol. The number of benzene rings is 1. The van der Waals surface area contributed by atoms with Crippen molar-refractivity contribution in [1.82, 2.24) is 0 Å². The number of nitrogens with zero attached hydrogens (tertiary/aromatic N) is 1. The molecule has 0 saturated heterocycles. The minimum Gasteiger partial charge on any atom is -0.366 e. The van der Waals surface area contributed by atoms with Crippen molar-refractivity contribution in [1.29, 1.82) is 0 Å². The molecule has 0 fully saturated rings. The highest BCUT2D eigenvalue weighted by Crippen LogP contribution is 2.21. The minimum absolute atomic E-state index is 0.00133. The molecule has 6 nitrogen and oxygen atoms in total. The van der Waals surface area contributed by atoms with Gasteiger partial charge in [0.1, 0.15) is 6.61 Å². The molecule has 1 amide bonds. The van der Waals surface area contributed by atoms with Crippen molar-refractivity contribution in [2.45, 2.75) is 33.3 Å². The van der Waals surface area contributed by atoms with Crippen LogP contribution in [0.4, 0.5) is 11.4 Å². The molecule has 0 saturated carbocycles. The van der Waals surface area contributed by atoms with E-state index >= 15 is 0 Å². The summed E-state index contributed by atoms with van der Waals surface area (Å²) in [5.74, 6) is -0.285. The Kier molecular flexibility index (Phi) is 4.61. The molecule has 1 aromatic carbocycles. The van der Waals surface area contributed by atoms with Gasteiger partial charge in [0.15, 0.2) is 0 Å². The van der Waals surface area contributed by atoms with Crippen LogP contribution >= 0.6 is 0 Å². The molecular formula is C13H18N2O4. The van der Waals surface area contributed by atoms with E-state index in [4.69, 9.17) is 4.74 Å². The Morgan fingerprint density at radius 1 is 1.42 bits per heavy atom. The molecule has 0 unspecified atom stereocenters. The normalized spacial score (nSPS) is 11.2. The number of nitro groups is 1. The summed E-state index contributed by atoms with van der Waals surface area (Å²) in [6, 6.07) is 4.29. The number of non-ortho nitro benzene ring substituents is 1.